The average molecular weight is 365 g/mol. The molecule has 0 spiro atoms. The summed E-state index contributed by atoms with van der Waals surface area (Å²) in [6.45, 7) is 4.16. The predicted octanol–water partition coefficient (Wildman–Crippen LogP) is 4.48. The summed E-state index contributed by atoms with van der Waals surface area (Å²) in [5, 5.41) is 7.74. The van der Waals surface area contributed by atoms with Crippen molar-refractivity contribution in [3.8, 4) is 5.69 Å². The van der Waals surface area contributed by atoms with Crippen molar-refractivity contribution in [2.45, 2.75) is 25.4 Å². The molecule has 0 radical (unpaired) electrons. The van der Waals surface area contributed by atoms with Crippen LogP contribution in [-0.2, 0) is 16.3 Å². The highest BCUT2D eigenvalue weighted by Crippen LogP contribution is 2.36. The molecule has 26 heavy (non-hydrogen) atoms. The molecule has 1 aliphatic heterocycles. The average Bonchev–Trinajstić information content (AvgIpc) is 3.34. The third-order valence-electron chi connectivity index (χ3n) is 4.47. The zero-order chi connectivity index (χ0) is 18.1. The lowest BCUT2D eigenvalue weighted by atomic mass is 10.1. The van der Waals surface area contributed by atoms with E-state index in [1.54, 1.807) is 24.5 Å². The lowest BCUT2D eigenvalue weighted by molar-refractivity contribution is -0.111. The molecule has 3 heterocycles. The number of fused-ring (bicyclic) bond motifs is 1. The second kappa shape index (κ2) is 6.88. The Morgan fingerprint density at radius 2 is 2.15 bits per heavy atom. The van der Waals surface area contributed by atoms with Gasteiger partial charge >= 0.3 is 0 Å². The van der Waals surface area contributed by atoms with E-state index in [1.807, 2.05) is 22.5 Å². The van der Waals surface area contributed by atoms with Crippen LogP contribution in [0, 0.1) is 13.8 Å². The molecule has 0 unspecified atom stereocenters. The summed E-state index contributed by atoms with van der Waals surface area (Å²) in [6, 6.07) is 9.80. The highest BCUT2D eigenvalue weighted by Gasteiger charge is 2.24. The Hall–Kier alpha value is -2.73. The first-order valence-electron chi connectivity index (χ1n) is 8.40. The smallest absolute Gasteiger partial charge is 0.249 e. The maximum absolute atomic E-state index is 12.4. The van der Waals surface area contributed by atoms with Gasteiger partial charge in [-0.3, -0.25) is 4.79 Å². The number of thioether (sulfide) groups is 1. The Bertz CT molecular complexity index is 987. The van der Waals surface area contributed by atoms with E-state index >= 15 is 0 Å². The van der Waals surface area contributed by atoms with Crippen LogP contribution in [0.5, 0.6) is 0 Å². The lowest BCUT2D eigenvalue weighted by Gasteiger charge is -2.11. The van der Waals surface area contributed by atoms with E-state index in [0.717, 1.165) is 34.3 Å². The maximum Gasteiger partial charge on any atom is 0.249 e. The lowest BCUT2D eigenvalue weighted by Crippen LogP contribution is -2.13. The van der Waals surface area contributed by atoms with Gasteiger partial charge in [-0.1, -0.05) is 6.07 Å². The Kier molecular flexibility index (Phi) is 4.42. The molecule has 132 valence electrons. The monoisotopic (exact) mass is 365 g/mol. The van der Waals surface area contributed by atoms with Gasteiger partial charge in [0.1, 0.15) is 11.6 Å². The standard InChI is InChI=1S/C20H19N3O2S/c1-13-5-6-15(10-14(13)2)23-20(17-11-26-12-18(17)22-23)21-19(24)8-7-16-4-3-9-25-16/h3-10H,11-12H2,1-2H3,(H,21,24)/b8-7-. The fourth-order valence-electron chi connectivity index (χ4n) is 2.89. The number of hydrogen-bond donors (Lipinski definition) is 1. The van der Waals surface area contributed by atoms with Gasteiger partial charge in [-0.2, -0.15) is 16.9 Å². The summed E-state index contributed by atoms with van der Waals surface area (Å²) in [6.07, 6.45) is 4.71. The molecule has 2 aromatic heterocycles. The highest BCUT2D eigenvalue weighted by atomic mass is 32.2. The zero-order valence-corrected chi connectivity index (χ0v) is 15.5. The van der Waals surface area contributed by atoms with Crippen molar-refractivity contribution in [2.75, 3.05) is 5.32 Å². The second-order valence-electron chi connectivity index (χ2n) is 6.29. The Labute approximate surface area is 156 Å². The summed E-state index contributed by atoms with van der Waals surface area (Å²) >= 11 is 1.81. The van der Waals surface area contributed by atoms with Crippen LogP contribution >= 0.6 is 11.8 Å². The van der Waals surface area contributed by atoms with E-state index in [0.29, 0.717) is 5.76 Å². The minimum atomic E-state index is -0.203. The topological polar surface area (TPSA) is 60.1 Å². The van der Waals surface area contributed by atoms with E-state index in [4.69, 9.17) is 9.52 Å². The summed E-state index contributed by atoms with van der Waals surface area (Å²) in [4.78, 5) is 12.4. The van der Waals surface area contributed by atoms with E-state index < -0.39 is 0 Å². The van der Waals surface area contributed by atoms with Crippen LogP contribution in [0.15, 0.2) is 47.1 Å². The van der Waals surface area contributed by atoms with Crippen LogP contribution in [0.2, 0.25) is 0 Å². The van der Waals surface area contributed by atoms with E-state index in [-0.39, 0.29) is 5.91 Å². The molecule has 6 heteroatoms. The number of hydrogen-bond acceptors (Lipinski definition) is 4. The molecular formula is C20H19N3O2S. The van der Waals surface area contributed by atoms with Crippen LogP contribution in [0.1, 0.15) is 28.1 Å². The molecule has 1 N–H and O–H groups in total. The number of benzene rings is 1. The molecule has 3 aromatic rings. The number of carbonyl (C=O) groups excluding carboxylic acids is 1. The minimum Gasteiger partial charge on any atom is -0.465 e. The van der Waals surface area contributed by atoms with Gasteiger partial charge < -0.3 is 9.73 Å². The fraction of sp³-hybridized carbons (Fsp3) is 0.200. The van der Waals surface area contributed by atoms with Gasteiger partial charge in [0.2, 0.25) is 5.91 Å². The fourth-order valence-corrected chi connectivity index (χ4v) is 3.92. The van der Waals surface area contributed by atoms with Gasteiger partial charge in [-0.25, -0.2) is 4.68 Å². The SMILES string of the molecule is Cc1ccc(-n2nc3c(c2NC(=O)/C=C\c2ccco2)CSC3)cc1C. The Morgan fingerprint density at radius 3 is 2.92 bits per heavy atom. The predicted molar refractivity (Wildman–Crippen MR) is 104 cm³/mol. The summed E-state index contributed by atoms with van der Waals surface area (Å²) < 4.78 is 7.07. The van der Waals surface area contributed by atoms with Gasteiger partial charge in [-0.05, 0) is 55.3 Å². The van der Waals surface area contributed by atoms with Gasteiger partial charge in [-0.15, -0.1) is 0 Å². The van der Waals surface area contributed by atoms with Crippen LogP contribution in [0.3, 0.4) is 0 Å². The number of nitrogens with one attached hydrogen (secondary N) is 1. The molecule has 0 atom stereocenters. The van der Waals surface area contributed by atoms with Crippen LogP contribution in [0.4, 0.5) is 5.82 Å². The summed E-state index contributed by atoms with van der Waals surface area (Å²) in [7, 11) is 0. The first-order valence-corrected chi connectivity index (χ1v) is 9.56. The third-order valence-corrected chi connectivity index (χ3v) is 5.44. The second-order valence-corrected chi connectivity index (χ2v) is 7.27. The number of furan rings is 1. The molecule has 0 aliphatic carbocycles. The normalized spacial score (nSPS) is 13.3. The number of nitrogens with zero attached hydrogens (tertiary/aromatic N) is 2. The molecule has 1 amide bonds. The molecule has 1 aromatic carbocycles. The third kappa shape index (κ3) is 3.20. The number of carbonyl (C=O) groups is 1. The van der Waals surface area contributed by atoms with Crippen molar-refractivity contribution in [2.24, 2.45) is 0 Å². The van der Waals surface area contributed by atoms with Gasteiger partial charge in [0.05, 0.1) is 17.6 Å². The van der Waals surface area contributed by atoms with E-state index in [9.17, 15) is 4.79 Å². The maximum atomic E-state index is 12.4. The molecule has 1 aliphatic rings. The number of rotatable bonds is 4. The molecule has 0 bridgehead atoms. The number of amides is 1. The van der Waals surface area contributed by atoms with Crippen molar-refractivity contribution >= 4 is 29.6 Å². The number of aryl methyl sites for hydroxylation is 2. The molecular weight excluding hydrogens is 346 g/mol. The van der Waals surface area contributed by atoms with Gasteiger partial charge in [0, 0.05) is 23.1 Å². The van der Waals surface area contributed by atoms with Crippen molar-refractivity contribution in [3.05, 3.63) is 70.8 Å². The quantitative estimate of drug-likeness (QED) is 0.693. The molecule has 5 nitrogen and oxygen atoms in total. The molecule has 0 saturated heterocycles. The van der Waals surface area contributed by atoms with E-state index in [1.165, 1.54) is 17.2 Å². The van der Waals surface area contributed by atoms with Crippen LogP contribution in [-0.4, -0.2) is 15.7 Å². The molecule has 4 rings (SSSR count). The summed E-state index contributed by atoms with van der Waals surface area (Å²) in [5.41, 5.74) is 5.53. The van der Waals surface area contributed by atoms with Crippen molar-refractivity contribution < 1.29 is 9.21 Å². The molecule has 0 fully saturated rings. The van der Waals surface area contributed by atoms with Crippen molar-refractivity contribution in [1.29, 1.82) is 0 Å². The number of aromatic nitrogens is 2. The number of anilines is 1. The first-order chi connectivity index (χ1) is 12.6. The first kappa shape index (κ1) is 16.7. The van der Waals surface area contributed by atoms with Gasteiger partial charge in [0.25, 0.3) is 0 Å². The van der Waals surface area contributed by atoms with Crippen molar-refractivity contribution in [3.63, 3.8) is 0 Å². The van der Waals surface area contributed by atoms with Crippen LogP contribution in [0.25, 0.3) is 11.8 Å². The highest BCUT2D eigenvalue weighted by molar-refractivity contribution is 7.98. The Morgan fingerprint density at radius 1 is 1.27 bits per heavy atom. The minimum absolute atomic E-state index is 0.203. The van der Waals surface area contributed by atoms with E-state index in [2.05, 4.69) is 31.3 Å². The van der Waals surface area contributed by atoms with Crippen LogP contribution < -0.4 is 5.32 Å². The summed E-state index contributed by atoms with van der Waals surface area (Å²) in [5.74, 6) is 2.92. The molecule has 0 saturated carbocycles. The van der Waals surface area contributed by atoms with Crippen molar-refractivity contribution in [1.82, 2.24) is 9.78 Å². The zero-order valence-electron chi connectivity index (χ0n) is 14.7. The Balaban J connectivity index is 1.66. The van der Waals surface area contributed by atoms with Gasteiger partial charge in [0.15, 0.2) is 0 Å². The largest absolute Gasteiger partial charge is 0.465 e.